The number of nitrogens with one attached hydrogen (secondary N) is 1. The topological polar surface area (TPSA) is 44.7 Å². The zero-order valence-electron chi connectivity index (χ0n) is 15.2. The van der Waals surface area contributed by atoms with E-state index in [1.54, 1.807) is 24.3 Å². The van der Waals surface area contributed by atoms with Crippen LogP contribution in [0.4, 0.5) is 5.69 Å². The van der Waals surface area contributed by atoms with Crippen LogP contribution in [0.25, 0.3) is 0 Å². The number of carbonyl (C=O) groups is 1. The lowest BCUT2D eigenvalue weighted by Gasteiger charge is -2.36. The summed E-state index contributed by atoms with van der Waals surface area (Å²) in [5.41, 5.74) is 2.13. The van der Waals surface area contributed by atoms with E-state index < -0.39 is 0 Å². The molecule has 1 fully saturated rings. The van der Waals surface area contributed by atoms with Gasteiger partial charge in [0.25, 0.3) is 5.91 Å². The van der Waals surface area contributed by atoms with Gasteiger partial charge in [0, 0.05) is 17.8 Å². The molecule has 1 saturated heterocycles. The molecule has 26 heavy (non-hydrogen) atoms. The minimum atomic E-state index is -0.219. The van der Waals surface area contributed by atoms with Crippen LogP contribution in [-0.2, 0) is 0 Å². The maximum atomic E-state index is 12.4. The molecule has 5 heteroatoms. The molecule has 1 aliphatic heterocycles. The van der Waals surface area contributed by atoms with Gasteiger partial charge in [-0.05, 0) is 62.9 Å². The molecule has 0 radical (unpaired) electrons. The molecule has 136 valence electrons. The van der Waals surface area contributed by atoms with E-state index in [1.807, 2.05) is 30.5 Å². The first-order valence-corrected chi connectivity index (χ1v) is 9.40. The van der Waals surface area contributed by atoms with Crippen LogP contribution in [0.1, 0.15) is 49.0 Å². The maximum Gasteiger partial charge on any atom is 0.257 e. The van der Waals surface area contributed by atoms with Gasteiger partial charge in [-0.15, -0.1) is 0 Å². The second kappa shape index (κ2) is 8.37. The van der Waals surface area contributed by atoms with E-state index in [9.17, 15) is 4.79 Å². The van der Waals surface area contributed by atoms with Crippen LogP contribution in [0.3, 0.4) is 0 Å². The van der Waals surface area contributed by atoms with Gasteiger partial charge in [0.1, 0.15) is 0 Å². The van der Waals surface area contributed by atoms with E-state index in [1.165, 1.54) is 19.3 Å². The molecule has 0 saturated carbocycles. The fourth-order valence-electron chi connectivity index (χ4n) is 3.31. The average Bonchev–Trinajstić information content (AvgIpc) is 2.62. The predicted molar refractivity (Wildman–Crippen MR) is 108 cm³/mol. The summed E-state index contributed by atoms with van der Waals surface area (Å²) in [4.78, 5) is 12.4. The van der Waals surface area contributed by atoms with Crippen molar-refractivity contribution < 1.29 is 4.79 Å². The molecule has 0 unspecified atom stereocenters. The third kappa shape index (κ3) is 4.44. The monoisotopic (exact) mass is 369 g/mol. The molecule has 0 spiro atoms. The molecule has 2 aromatic rings. The summed E-state index contributed by atoms with van der Waals surface area (Å²) in [6, 6.07) is 15.6. The Morgan fingerprint density at radius 1 is 1.15 bits per heavy atom. The molecule has 1 amide bonds. The van der Waals surface area contributed by atoms with Crippen molar-refractivity contribution in [3.8, 4) is 0 Å². The number of hydrogen-bond acceptors (Lipinski definition) is 3. The van der Waals surface area contributed by atoms with Crippen molar-refractivity contribution in [3.63, 3.8) is 0 Å². The quantitative estimate of drug-likeness (QED) is 0.754. The number of hydrazone groups is 1. The molecule has 1 aliphatic rings. The zero-order chi connectivity index (χ0) is 18.5. The summed E-state index contributed by atoms with van der Waals surface area (Å²) in [6.07, 6.45) is 5.48. The van der Waals surface area contributed by atoms with Crippen LogP contribution in [0.15, 0.2) is 53.6 Å². The molecule has 3 rings (SSSR count). The van der Waals surface area contributed by atoms with Crippen LogP contribution in [0.5, 0.6) is 0 Å². The van der Waals surface area contributed by atoms with E-state index in [4.69, 9.17) is 11.6 Å². The number of nitrogens with zero attached hydrogens (tertiary/aromatic N) is 2. The normalized spacial score (nSPS) is 20.3. The van der Waals surface area contributed by atoms with Crippen molar-refractivity contribution in [2.75, 3.05) is 5.32 Å². The number of carbonyl (C=O) groups excluding carboxylic acids is 1. The summed E-state index contributed by atoms with van der Waals surface area (Å²) < 4.78 is 0. The van der Waals surface area contributed by atoms with E-state index in [-0.39, 0.29) is 5.91 Å². The largest absolute Gasteiger partial charge is 0.322 e. The Hall–Kier alpha value is -2.33. The number of benzene rings is 2. The fourth-order valence-corrected chi connectivity index (χ4v) is 3.53. The summed E-state index contributed by atoms with van der Waals surface area (Å²) in [6.45, 7) is 4.43. The van der Waals surface area contributed by atoms with E-state index in [0.29, 0.717) is 22.7 Å². The van der Waals surface area contributed by atoms with E-state index in [0.717, 1.165) is 11.3 Å². The van der Waals surface area contributed by atoms with Gasteiger partial charge in [-0.1, -0.05) is 35.9 Å². The molecule has 2 aromatic carbocycles. The average molecular weight is 370 g/mol. The van der Waals surface area contributed by atoms with Crippen LogP contribution in [0, 0.1) is 0 Å². The lowest BCUT2D eigenvalue weighted by atomic mass is 10.00. The van der Waals surface area contributed by atoms with Crippen LogP contribution in [-0.4, -0.2) is 29.2 Å². The predicted octanol–water partition coefficient (Wildman–Crippen LogP) is 5.19. The lowest BCUT2D eigenvalue weighted by Crippen LogP contribution is -2.39. The van der Waals surface area contributed by atoms with Gasteiger partial charge < -0.3 is 5.32 Å². The second-order valence-corrected chi connectivity index (χ2v) is 7.22. The highest BCUT2D eigenvalue weighted by molar-refractivity contribution is 6.34. The minimum Gasteiger partial charge on any atom is -0.322 e. The summed E-state index contributed by atoms with van der Waals surface area (Å²) in [5.74, 6) is -0.219. The molecular weight excluding hydrogens is 346 g/mol. The van der Waals surface area contributed by atoms with Crippen molar-refractivity contribution in [2.45, 2.75) is 45.2 Å². The number of anilines is 1. The lowest BCUT2D eigenvalue weighted by molar-refractivity contribution is 0.102. The fraction of sp³-hybridized carbons (Fsp3) is 0.333. The van der Waals surface area contributed by atoms with E-state index >= 15 is 0 Å². The highest BCUT2D eigenvalue weighted by atomic mass is 35.5. The number of hydrogen-bond donors (Lipinski definition) is 1. The Bertz CT molecular complexity index is 795. The zero-order valence-corrected chi connectivity index (χ0v) is 15.9. The minimum absolute atomic E-state index is 0.219. The summed E-state index contributed by atoms with van der Waals surface area (Å²) >= 11 is 6.09. The first-order valence-electron chi connectivity index (χ1n) is 9.03. The van der Waals surface area contributed by atoms with Gasteiger partial charge in [0.05, 0.1) is 16.8 Å². The number of rotatable bonds is 4. The van der Waals surface area contributed by atoms with Gasteiger partial charge in [0.2, 0.25) is 0 Å². The number of halogens is 1. The summed E-state index contributed by atoms with van der Waals surface area (Å²) in [5, 5.41) is 10.2. The number of piperidine rings is 1. The van der Waals surface area contributed by atoms with Gasteiger partial charge in [0.15, 0.2) is 0 Å². The molecule has 4 nitrogen and oxygen atoms in total. The van der Waals surface area contributed by atoms with Crippen molar-refractivity contribution in [1.29, 1.82) is 0 Å². The Labute approximate surface area is 159 Å². The molecule has 2 atom stereocenters. The molecule has 1 N–H and O–H groups in total. The van der Waals surface area contributed by atoms with Gasteiger partial charge in [-0.2, -0.15) is 5.10 Å². The van der Waals surface area contributed by atoms with Crippen molar-refractivity contribution in [1.82, 2.24) is 5.01 Å². The third-order valence-corrected chi connectivity index (χ3v) is 5.08. The van der Waals surface area contributed by atoms with Crippen LogP contribution >= 0.6 is 11.6 Å². The van der Waals surface area contributed by atoms with Crippen molar-refractivity contribution in [3.05, 3.63) is 64.7 Å². The standard InChI is InChI=1S/C21H24ClN3O/c1-15-7-5-8-16(2)25(15)23-14-17-9-6-10-18(13-17)24-21(26)19-11-3-4-12-20(19)22/h3-4,6,9-16H,5,7-8H2,1-2H3,(H,24,26)/b23-14-/t15-,16-/m0/s1. The van der Waals surface area contributed by atoms with Crippen molar-refractivity contribution >= 4 is 29.4 Å². The maximum absolute atomic E-state index is 12.4. The highest BCUT2D eigenvalue weighted by Gasteiger charge is 2.22. The second-order valence-electron chi connectivity index (χ2n) is 6.81. The Morgan fingerprint density at radius 3 is 2.62 bits per heavy atom. The first kappa shape index (κ1) is 18.5. The van der Waals surface area contributed by atoms with Crippen LogP contribution in [0.2, 0.25) is 5.02 Å². The number of amides is 1. The van der Waals surface area contributed by atoms with Gasteiger partial charge in [-0.3, -0.25) is 9.80 Å². The highest BCUT2D eigenvalue weighted by Crippen LogP contribution is 2.23. The van der Waals surface area contributed by atoms with Gasteiger partial charge >= 0.3 is 0 Å². The SMILES string of the molecule is C[C@H]1CCC[C@H](C)N1/N=C\c1cccc(NC(=O)c2ccccc2Cl)c1. The molecule has 0 bridgehead atoms. The van der Waals surface area contributed by atoms with Crippen molar-refractivity contribution in [2.24, 2.45) is 5.10 Å². The molecular formula is C21H24ClN3O. The first-order chi connectivity index (χ1) is 12.5. The summed E-state index contributed by atoms with van der Waals surface area (Å²) in [7, 11) is 0. The van der Waals surface area contributed by atoms with Gasteiger partial charge in [-0.25, -0.2) is 0 Å². The third-order valence-electron chi connectivity index (χ3n) is 4.75. The van der Waals surface area contributed by atoms with E-state index in [2.05, 4.69) is 29.3 Å². The molecule has 0 aromatic heterocycles. The van der Waals surface area contributed by atoms with Crippen LogP contribution < -0.4 is 5.32 Å². The Kier molecular flexibility index (Phi) is 5.94. The smallest absolute Gasteiger partial charge is 0.257 e. The molecule has 1 heterocycles. The Morgan fingerprint density at radius 2 is 1.88 bits per heavy atom. The molecule has 0 aliphatic carbocycles. The Balaban J connectivity index is 1.71.